The second kappa shape index (κ2) is 5.20. The van der Waals surface area contributed by atoms with Crippen molar-refractivity contribution in [3.05, 3.63) is 18.0 Å². The third kappa shape index (κ3) is 3.09. The van der Waals surface area contributed by atoms with Gasteiger partial charge in [0.1, 0.15) is 0 Å². The zero-order chi connectivity index (χ0) is 13.0. The fraction of sp³-hybridized carbons (Fsp3) is 0.583. The molecule has 1 aromatic heterocycles. The highest BCUT2D eigenvalue weighted by Gasteiger charge is 2.37. The van der Waals surface area contributed by atoms with E-state index < -0.39 is 11.5 Å². The molecule has 0 radical (unpaired) electrons. The van der Waals surface area contributed by atoms with Crippen LogP contribution in [0.5, 0.6) is 0 Å². The third-order valence-electron chi connectivity index (χ3n) is 3.36. The lowest BCUT2D eigenvalue weighted by molar-refractivity contribution is -0.139. The average Bonchev–Trinajstić information content (AvgIpc) is 2.89. The third-order valence-corrected chi connectivity index (χ3v) is 3.36. The standard InChI is InChI=1S/C12H17N3O3/c16-10(7-9-3-6-13-15-9)14-12(8-11(17)18)4-1-2-5-12/h3,6H,1-2,4-5,7-8H2,(H,13,15)(H,14,16)(H,17,18). The first kappa shape index (κ1) is 12.6. The van der Waals surface area contributed by atoms with Crippen LogP contribution in [0.25, 0.3) is 0 Å². The molecule has 0 saturated heterocycles. The number of aromatic nitrogens is 2. The molecule has 6 nitrogen and oxygen atoms in total. The molecule has 0 unspecified atom stereocenters. The Morgan fingerprint density at radius 1 is 1.44 bits per heavy atom. The predicted molar refractivity (Wildman–Crippen MR) is 63.9 cm³/mol. The molecule has 98 valence electrons. The summed E-state index contributed by atoms with van der Waals surface area (Å²) in [7, 11) is 0. The van der Waals surface area contributed by atoms with Crippen LogP contribution in [0.3, 0.4) is 0 Å². The number of carboxylic acids is 1. The van der Waals surface area contributed by atoms with Crippen LogP contribution in [0.4, 0.5) is 0 Å². The molecule has 1 fully saturated rings. The SMILES string of the molecule is O=C(O)CC1(NC(=O)Cc2ccn[nH]2)CCCC1. The summed E-state index contributed by atoms with van der Waals surface area (Å²) in [6, 6.07) is 1.73. The first-order valence-corrected chi connectivity index (χ1v) is 6.11. The summed E-state index contributed by atoms with van der Waals surface area (Å²) < 4.78 is 0. The predicted octanol–water partition coefficient (Wildman–Crippen LogP) is 0.856. The smallest absolute Gasteiger partial charge is 0.305 e. The normalized spacial score (nSPS) is 17.6. The van der Waals surface area contributed by atoms with Gasteiger partial charge in [-0.25, -0.2) is 0 Å². The van der Waals surface area contributed by atoms with Crippen LogP contribution < -0.4 is 5.32 Å². The number of rotatable bonds is 5. The van der Waals surface area contributed by atoms with Crippen molar-refractivity contribution in [2.45, 2.75) is 44.1 Å². The largest absolute Gasteiger partial charge is 0.481 e. The van der Waals surface area contributed by atoms with Gasteiger partial charge >= 0.3 is 5.97 Å². The number of aliphatic carboxylic acids is 1. The van der Waals surface area contributed by atoms with E-state index >= 15 is 0 Å². The minimum absolute atomic E-state index is 0.00170. The number of nitrogens with one attached hydrogen (secondary N) is 2. The molecule has 1 saturated carbocycles. The highest BCUT2D eigenvalue weighted by Crippen LogP contribution is 2.32. The van der Waals surface area contributed by atoms with Gasteiger partial charge in [0, 0.05) is 11.9 Å². The summed E-state index contributed by atoms with van der Waals surface area (Å²) in [4.78, 5) is 22.8. The molecule has 0 bridgehead atoms. The van der Waals surface area contributed by atoms with E-state index in [0.29, 0.717) is 0 Å². The van der Waals surface area contributed by atoms with Crippen molar-refractivity contribution in [1.82, 2.24) is 15.5 Å². The first-order valence-electron chi connectivity index (χ1n) is 6.11. The van der Waals surface area contributed by atoms with Crippen LogP contribution in [0.2, 0.25) is 0 Å². The van der Waals surface area contributed by atoms with E-state index in [-0.39, 0.29) is 18.7 Å². The minimum atomic E-state index is -0.862. The summed E-state index contributed by atoms with van der Waals surface area (Å²) in [6.45, 7) is 0. The van der Waals surface area contributed by atoms with Gasteiger partial charge in [0.25, 0.3) is 0 Å². The van der Waals surface area contributed by atoms with E-state index in [4.69, 9.17) is 5.11 Å². The second-order valence-corrected chi connectivity index (χ2v) is 4.86. The molecule has 3 N–H and O–H groups in total. The van der Waals surface area contributed by atoms with Gasteiger partial charge in [-0.2, -0.15) is 5.10 Å². The minimum Gasteiger partial charge on any atom is -0.481 e. The number of carbonyl (C=O) groups excluding carboxylic acids is 1. The molecule has 1 amide bonds. The number of H-pyrrole nitrogens is 1. The fourth-order valence-corrected chi connectivity index (χ4v) is 2.58. The summed E-state index contributed by atoms with van der Waals surface area (Å²) in [5.41, 5.74) is 0.180. The van der Waals surface area contributed by atoms with Crippen molar-refractivity contribution in [1.29, 1.82) is 0 Å². The number of amides is 1. The first-order chi connectivity index (χ1) is 8.60. The molecule has 6 heteroatoms. The topological polar surface area (TPSA) is 95.1 Å². The van der Waals surface area contributed by atoms with Gasteiger partial charge in [-0.3, -0.25) is 14.7 Å². The number of carboxylic acid groups (broad SMARTS) is 1. The molecular formula is C12H17N3O3. The Morgan fingerprint density at radius 3 is 2.72 bits per heavy atom. The highest BCUT2D eigenvalue weighted by molar-refractivity contribution is 5.80. The number of nitrogens with zero attached hydrogens (tertiary/aromatic N) is 1. The Kier molecular flexibility index (Phi) is 3.64. The van der Waals surface area contributed by atoms with Crippen molar-refractivity contribution < 1.29 is 14.7 Å². The van der Waals surface area contributed by atoms with Gasteiger partial charge in [-0.05, 0) is 18.9 Å². The number of carbonyl (C=O) groups is 2. The van der Waals surface area contributed by atoms with Gasteiger partial charge in [0.05, 0.1) is 18.4 Å². The molecule has 1 aromatic rings. The maximum atomic E-state index is 11.9. The van der Waals surface area contributed by atoms with Crippen molar-refractivity contribution >= 4 is 11.9 Å². The zero-order valence-electron chi connectivity index (χ0n) is 10.1. The van der Waals surface area contributed by atoms with Gasteiger partial charge in [0.2, 0.25) is 5.91 Å². The molecule has 0 atom stereocenters. The fourth-order valence-electron chi connectivity index (χ4n) is 2.58. The molecule has 1 aliphatic rings. The Hall–Kier alpha value is -1.85. The maximum Gasteiger partial charge on any atom is 0.305 e. The highest BCUT2D eigenvalue weighted by atomic mass is 16.4. The molecule has 1 heterocycles. The number of aromatic amines is 1. The molecule has 18 heavy (non-hydrogen) atoms. The quantitative estimate of drug-likeness (QED) is 0.723. The van der Waals surface area contributed by atoms with Crippen molar-refractivity contribution in [2.75, 3.05) is 0 Å². The molecule has 0 spiro atoms. The van der Waals surface area contributed by atoms with Gasteiger partial charge < -0.3 is 10.4 Å². The Balaban J connectivity index is 1.96. The van der Waals surface area contributed by atoms with E-state index in [1.807, 2.05) is 0 Å². The van der Waals surface area contributed by atoms with E-state index in [2.05, 4.69) is 15.5 Å². The van der Waals surface area contributed by atoms with Crippen LogP contribution in [-0.4, -0.2) is 32.7 Å². The maximum absolute atomic E-state index is 11.9. The lowest BCUT2D eigenvalue weighted by Gasteiger charge is -2.28. The summed E-state index contributed by atoms with van der Waals surface area (Å²) in [5, 5.41) is 18.3. The van der Waals surface area contributed by atoms with Gasteiger partial charge in [0.15, 0.2) is 0 Å². The lowest BCUT2D eigenvalue weighted by atomic mass is 9.93. The number of hydrogen-bond donors (Lipinski definition) is 3. The Morgan fingerprint density at radius 2 is 2.17 bits per heavy atom. The summed E-state index contributed by atoms with van der Waals surface area (Å²) in [5.74, 6) is -1.01. The van der Waals surface area contributed by atoms with E-state index in [1.54, 1.807) is 12.3 Å². The number of hydrogen-bond acceptors (Lipinski definition) is 3. The Labute approximate surface area is 105 Å². The van der Waals surface area contributed by atoms with E-state index in [1.165, 1.54) is 0 Å². The monoisotopic (exact) mass is 251 g/mol. The van der Waals surface area contributed by atoms with Crippen molar-refractivity contribution in [3.63, 3.8) is 0 Å². The lowest BCUT2D eigenvalue weighted by Crippen LogP contribution is -2.48. The second-order valence-electron chi connectivity index (χ2n) is 4.86. The van der Waals surface area contributed by atoms with Crippen molar-refractivity contribution in [2.24, 2.45) is 0 Å². The Bertz CT molecular complexity index is 422. The van der Waals surface area contributed by atoms with Crippen LogP contribution in [-0.2, 0) is 16.0 Å². The van der Waals surface area contributed by atoms with E-state index in [0.717, 1.165) is 31.4 Å². The van der Waals surface area contributed by atoms with Gasteiger partial charge in [-0.15, -0.1) is 0 Å². The van der Waals surface area contributed by atoms with E-state index in [9.17, 15) is 9.59 Å². The summed E-state index contributed by atoms with van der Waals surface area (Å²) in [6.07, 6.45) is 5.23. The molecular weight excluding hydrogens is 234 g/mol. The molecule has 0 aromatic carbocycles. The van der Waals surface area contributed by atoms with Crippen LogP contribution >= 0.6 is 0 Å². The zero-order valence-corrected chi connectivity index (χ0v) is 10.1. The summed E-state index contributed by atoms with van der Waals surface area (Å²) >= 11 is 0. The molecule has 2 rings (SSSR count). The van der Waals surface area contributed by atoms with Crippen LogP contribution in [0.1, 0.15) is 37.8 Å². The van der Waals surface area contributed by atoms with Crippen LogP contribution in [0.15, 0.2) is 12.3 Å². The molecule has 1 aliphatic carbocycles. The van der Waals surface area contributed by atoms with Gasteiger partial charge in [-0.1, -0.05) is 12.8 Å². The average molecular weight is 251 g/mol. The van der Waals surface area contributed by atoms with Crippen LogP contribution in [0, 0.1) is 0 Å². The molecule has 0 aliphatic heterocycles. The van der Waals surface area contributed by atoms with Crippen molar-refractivity contribution in [3.8, 4) is 0 Å².